The number of pyridine rings is 1. The minimum atomic E-state index is 0.455. The molecule has 0 spiro atoms. The Morgan fingerprint density at radius 1 is 1.44 bits per heavy atom. The summed E-state index contributed by atoms with van der Waals surface area (Å²) in [5.41, 5.74) is 6.66. The van der Waals surface area contributed by atoms with Crippen LogP contribution in [0.4, 0.5) is 5.82 Å². The van der Waals surface area contributed by atoms with E-state index in [1.165, 1.54) is 12.8 Å². The molecule has 1 aromatic heterocycles. The lowest BCUT2D eigenvalue weighted by Crippen LogP contribution is -2.34. The van der Waals surface area contributed by atoms with Crippen LogP contribution in [-0.2, 0) is 6.54 Å². The highest BCUT2D eigenvalue weighted by molar-refractivity contribution is 6.31. The topological polar surface area (TPSA) is 42.1 Å². The fourth-order valence-corrected chi connectivity index (χ4v) is 2.07. The molecule has 0 saturated carbocycles. The van der Waals surface area contributed by atoms with Gasteiger partial charge in [0.15, 0.2) is 0 Å². The summed E-state index contributed by atoms with van der Waals surface area (Å²) in [6.07, 6.45) is 5.17. The van der Waals surface area contributed by atoms with Crippen molar-refractivity contribution < 1.29 is 0 Å². The lowest BCUT2D eigenvalue weighted by Gasteiger charge is -2.30. The van der Waals surface area contributed by atoms with Gasteiger partial charge in [0.2, 0.25) is 0 Å². The quantitative estimate of drug-likeness (QED) is 0.822. The Bertz CT molecular complexity index is 368. The van der Waals surface area contributed by atoms with E-state index in [1.54, 1.807) is 6.20 Å². The van der Waals surface area contributed by atoms with Crippen LogP contribution < -0.4 is 10.6 Å². The lowest BCUT2D eigenvalue weighted by molar-refractivity contribution is 0.589. The molecule has 0 aliphatic rings. The highest BCUT2D eigenvalue weighted by Crippen LogP contribution is 2.22. The first-order chi connectivity index (χ1) is 8.63. The van der Waals surface area contributed by atoms with E-state index in [0.717, 1.165) is 24.3 Å². The van der Waals surface area contributed by atoms with Crippen molar-refractivity contribution in [1.82, 2.24) is 4.98 Å². The molecular formula is C14H24ClN3. The van der Waals surface area contributed by atoms with Gasteiger partial charge in [0.1, 0.15) is 5.82 Å². The van der Waals surface area contributed by atoms with Crippen LogP contribution in [-0.4, -0.2) is 17.6 Å². The fourth-order valence-electron chi connectivity index (χ4n) is 1.89. The monoisotopic (exact) mass is 269 g/mol. The van der Waals surface area contributed by atoms with Gasteiger partial charge in [-0.2, -0.15) is 0 Å². The van der Waals surface area contributed by atoms with Gasteiger partial charge in [-0.15, -0.1) is 0 Å². The predicted molar refractivity (Wildman–Crippen MR) is 79.1 cm³/mol. The molecule has 3 nitrogen and oxygen atoms in total. The van der Waals surface area contributed by atoms with Gasteiger partial charge in [0.05, 0.1) is 5.02 Å². The van der Waals surface area contributed by atoms with E-state index in [4.69, 9.17) is 17.3 Å². The van der Waals surface area contributed by atoms with Gasteiger partial charge in [-0.1, -0.05) is 31.9 Å². The number of hydrogen-bond acceptors (Lipinski definition) is 3. The van der Waals surface area contributed by atoms with Crippen molar-refractivity contribution in [3.05, 3.63) is 22.8 Å². The SMILES string of the molecule is CCCCN(c1cc(CN)c(Cl)cn1)C(C)CC. The molecule has 1 rings (SSSR count). The Labute approximate surface area is 115 Å². The van der Waals surface area contributed by atoms with E-state index in [-0.39, 0.29) is 0 Å². The van der Waals surface area contributed by atoms with Gasteiger partial charge in [-0.05, 0) is 31.4 Å². The molecule has 0 bridgehead atoms. The standard InChI is InChI=1S/C14H24ClN3/c1-4-6-7-18(11(3)5-2)14-8-12(9-16)13(15)10-17-14/h8,10-11H,4-7,9,16H2,1-3H3. The third kappa shape index (κ3) is 3.85. The molecule has 18 heavy (non-hydrogen) atoms. The number of anilines is 1. The lowest BCUT2D eigenvalue weighted by atomic mass is 10.1. The van der Waals surface area contributed by atoms with E-state index >= 15 is 0 Å². The van der Waals surface area contributed by atoms with Crippen molar-refractivity contribution in [3.63, 3.8) is 0 Å². The Kier molecular flexibility index (Phi) is 6.44. The van der Waals surface area contributed by atoms with Crippen molar-refractivity contribution in [2.75, 3.05) is 11.4 Å². The second-order valence-corrected chi connectivity index (χ2v) is 5.05. The van der Waals surface area contributed by atoms with E-state index < -0.39 is 0 Å². The van der Waals surface area contributed by atoms with E-state index in [0.29, 0.717) is 17.6 Å². The molecule has 0 aliphatic carbocycles. The van der Waals surface area contributed by atoms with Gasteiger partial charge in [-0.25, -0.2) is 4.98 Å². The van der Waals surface area contributed by atoms with Crippen LogP contribution in [0.3, 0.4) is 0 Å². The van der Waals surface area contributed by atoms with E-state index in [9.17, 15) is 0 Å². The molecule has 0 aliphatic heterocycles. The van der Waals surface area contributed by atoms with Crippen LogP contribution >= 0.6 is 11.6 Å². The second kappa shape index (κ2) is 7.59. The van der Waals surface area contributed by atoms with Crippen LogP contribution in [0.2, 0.25) is 5.02 Å². The van der Waals surface area contributed by atoms with Gasteiger partial charge >= 0.3 is 0 Å². The summed E-state index contributed by atoms with van der Waals surface area (Å²) in [7, 11) is 0. The first-order valence-electron chi connectivity index (χ1n) is 6.75. The average Bonchev–Trinajstić information content (AvgIpc) is 2.40. The van der Waals surface area contributed by atoms with Crippen molar-refractivity contribution >= 4 is 17.4 Å². The predicted octanol–water partition coefficient (Wildman–Crippen LogP) is 3.60. The Morgan fingerprint density at radius 2 is 2.17 bits per heavy atom. The maximum atomic E-state index is 6.06. The second-order valence-electron chi connectivity index (χ2n) is 4.64. The number of nitrogens with zero attached hydrogens (tertiary/aromatic N) is 2. The van der Waals surface area contributed by atoms with Gasteiger partial charge in [-0.3, -0.25) is 0 Å². The highest BCUT2D eigenvalue weighted by atomic mass is 35.5. The van der Waals surface area contributed by atoms with Crippen LogP contribution in [0.25, 0.3) is 0 Å². The normalized spacial score (nSPS) is 12.5. The first kappa shape index (κ1) is 15.3. The number of rotatable bonds is 7. The van der Waals surface area contributed by atoms with Crippen LogP contribution in [0.1, 0.15) is 45.6 Å². The molecule has 1 heterocycles. The average molecular weight is 270 g/mol. The fraction of sp³-hybridized carbons (Fsp3) is 0.643. The Hall–Kier alpha value is -0.800. The third-order valence-electron chi connectivity index (χ3n) is 3.31. The maximum absolute atomic E-state index is 6.06. The maximum Gasteiger partial charge on any atom is 0.129 e. The largest absolute Gasteiger partial charge is 0.354 e. The van der Waals surface area contributed by atoms with Crippen LogP contribution in [0.15, 0.2) is 12.3 Å². The van der Waals surface area contributed by atoms with Crippen molar-refractivity contribution in [3.8, 4) is 0 Å². The molecule has 1 atom stereocenters. The smallest absolute Gasteiger partial charge is 0.129 e. The molecule has 0 amide bonds. The molecule has 0 aromatic carbocycles. The van der Waals surface area contributed by atoms with E-state index in [2.05, 4.69) is 30.7 Å². The van der Waals surface area contributed by atoms with Gasteiger partial charge in [0, 0.05) is 25.3 Å². The van der Waals surface area contributed by atoms with Gasteiger partial charge in [0.25, 0.3) is 0 Å². The van der Waals surface area contributed by atoms with E-state index in [1.807, 2.05) is 6.07 Å². The summed E-state index contributed by atoms with van der Waals surface area (Å²) in [5.74, 6) is 0.989. The van der Waals surface area contributed by atoms with Crippen LogP contribution in [0, 0.1) is 0 Å². The zero-order chi connectivity index (χ0) is 13.5. The number of aromatic nitrogens is 1. The number of nitrogens with two attached hydrogens (primary N) is 1. The summed E-state index contributed by atoms with van der Waals surface area (Å²) in [5, 5.41) is 0.654. The zero-order valence-electron chi connectivity index (χ0n) is 11.6. The highest BCUT2D eigenvalue weighted by Gasteiger charge is 2.14. The van der Waals surface area contributed by atoms with Crippen molar-refractivity contribution in [1.29, 1.82) is 0 Å². The Balaban J connectivity index is 2.96. The number of hydrogen-bond donors (Lipinski definition) is 1. The summed E-state index contributed by atoms with van der Waals surface area (Å²) in [4.78, 5) is 6.79. The summed E-state index contributed by atoms with van der Waals surface area (Å²) >= 11 is 6.06. The molecular weight excluding hydrogens is 246 g/mol. The third-order valence-corrected chi connectivity index (χ3v) is 3.65. The molecule has 0 fully saturated rings. The summed E-state index contributed by atoms with van der Waals surface area (Å²) in [6, 6.07) is 2.50. The number of unbranched alkanes of at least 4 members (excludes halogenated alkanes) is 1. The molecule has 1 unspecified atom stereocenters. The summed E-state index contributed by atoms with van der Waals surface area (Å²) < 4.78 is 0. The molecule has 2 N–H and O–H groups in total. The molecule has 102 valence electrons. The molecule has 4 heteroatoms. The van der Waals surface area contributed by atoms with Crippen molar-refractivity contribution in [2.45, 2.75) is 52.6 Å². The van der Waals surface area contributed by atoms with Gasteiger partial charge < -0.3 is 10.6 Å². The minimum absolute atomic E-state index is 0.455. The summed E-state index contributed by atoms with van der Waals surface area (Å²) in [6.45, 7) is 8.12. The van der Waals surface area contributed by atoms with Crippen molar-refractivity contribution in [2.24, 2.45) is 5.73 Å². The molecule has 1 aromatic rings. The Morgan fingerprint density at radius 3 is 2.72 bits per heavy atom. The van der Waals surface area contributed by atoms with Crippen LogP contribution in [0.5, 0.6) is 0 Å². The molecule has 0 radical (unpaired) electrons. The molecule has 0 saturated heterocycles. The first-order valence-corrected chi connectivity index (χ1v) is 7.12. The minimum Gasteiger partial charge on any atom is -0.354 e. The zero-order valence-corrected chi connectivity index (χ0v) is 12.4. The number of halogens is 1.